The highest BCUT2D eigenvalue weighted by molar-refractivity contribution is 6.48. The van der Waals surface area contributed by atoms with Crippen LogP contribution in [-0.4, -0.2) is 63.1 Å². The quantitative estimate of drug-likeness (QED) is 0.347. The molecule has 2 amide bonds. The maximum absolute atomic E-state index is 13.3. The van der Waals surface area contributed by atoms with Crippen LogP contribution in [0.15, 0.2) is 12.7 Å². The molecule has 0 aromatic carbocycles. The zero-order chi connectivity index (χ0) is 23.6. The molecule has 0 radical (unpaired) electrons. The molecule has 7 nitrogen and oxygen atoms in total. The predicted octanol–water partition coefficient (Wildman–Crippen LogP) is 3.15. The lowest BCUT2D eigenvalue weighted by Gasteiger charge is -2.55. The first-order valence-corrected chi connectivity index (χ1v) is 14.2. The van der Waals surface area contributed by atoms with E-state index in [9.17, 15) is 14.4 Å². The van der Waals surface area contributed by atoms with E-state index in [0.717, 1.165) is 0 Å². The molecule has 2 aliphatic rings. The van der Waals surface area contributed by atoms with Gasteiger partial charge in [-0.15, -0.1) is 0 Å². The van der Waals surface area contributed by atoms with Crippen LogP contribution in [0.4, 0.5) is 4.79 Å². The standard InChI is InChI=1S/C23H40N2O5Si/c1-9-14-29-21(28)25-12-10-16(11-13-25)19(26)15(2)18-17(20(27)24-18)23(6,22(3,4)5)30-31(7)8/h9,15-18,31H,1,10-14H2,2-8H3,(H,24,27)/t15?,17-,18-,23-/m1/s1. The molecule has 1 N–H and O–H groups in total. The van der Waals surface area contributed by atoms with Gasteiger partial charge in [0.25, 0.3) is 0 Å². The van der Waals surface area contributed by atoms with Crippen molar-refractivity contribution in [2.45, 2.75) is 72.2 Å². The third-order valence-electron chi connectivity index (χ3n) is 6.98. The Balaban J connectivity index is 2.06. The second kappa shape index (κ2) is 9.86. The van der Waals surface area contributed by atoms with Crippen molar-refractivity contribution in [1.82, 2.24) is 10.2 Å². The summed E-state index contributed by atoms with van der Waals surface area (Å²) in [5.41, 5.74) is -0.877. The van der Waals surface area contributed by atoms with Crippen molar-refractivity contribution in [3.05, 3.63) is 12.7 Å². The second-order valence-corrected chi connectivity index (χ2v) is 12.7. The summed E-state index contributed by atoms with van der Waals surface area (Å²) in [6.45, 7) is 19.2. The Bertz CT molecular complexity index is 697. The van der Waals surface area contributed by atoms with Crippen molar-refractivity contribution < 1.29 is 23.5 Å². The number of carbonyl (C=O) groups is 3. The first-order chi connectivity index (χ1) is 14.3. The zero-order valence-electron chi connectivity index (χ0n) is 20.2. The number of nitrogens with zero attached hydrogens (tertiary/aromatic N) is 1. The number of nitrogens with one attached hydrogen (secondary N) is 1. The van der Waals surface area contributed by atoms with Gasteiger partial charge in [0.1, 0.15) is 12.4 Å². The maximum atomic E-state index is 13.3. The van der Waals surface area contributed by atoms with Gasteiger partial charge in [0, 0.05) is 24.9 Å². The number of rotatable bonds is 8. The minimum absolute atomic E-state index is 0.0310. The Morgan fingerprint density at radius 1 is 1.26 bits per heavy atom. The Labute approximate surface area is 188 Å². The third-order valence-corrected chi connectivity index (χ3v) is 7.94. The Morgan fingerprint density at radius 3 is 2.29 bits per heavy atom. The first kappa shape index (κ1) is 25.6. The van der Waals surface area contributed by atoms with Crippen LogP contribution >= 0.6 is 0 Å². The monoisotopic (exact) mass is 452 g/mol. The minimum Gasteiger partial charge on any atom is -0.445 e. The second-order valence-electron chi connectivity index (χ2n) is 10.4. The Kier molecular flexibility index (Phi) is 8.14. The van der Waals surface area contributed by atoms with E-state index in [1.807, 2.05) is 13.8 Å². The summed E-state index contributed by atoms with van der Waals surface area (Å²) in [5, 5.41) is 3.00. The molecule has 4 atom stereocenters. The van der Waals surface area contributed by atoms with Gasteiger partial charge in [0.2, 0.25) is 5.91 Å². The van der Waals surface area contributed by atoms with Crippen molar-refractivity contribution in [1.29, 1.82) is 0 Å². The lowest BCUT2D eigenvalue weighted by Crippen LogP contribution is -2.72. The minimum atomic E-state index is -1.42. The van der Waals surface area contributed by atoms with Crippen molar-refractivity contribution in [3.8, 4) is 0 Å². The molecule has 2 rings (SSSR count). The van der Waals surface area contributed by atoms with Crippen LogP contribution in [0.2, 0.25) is 13.1 Å². The van der Waals surface area contributed by atoms with Crippen LogP contribution in [0.5, 0.6) is 0 Å². The van der Waals surface area contributed by atoms with E-state index in [4.69, 9.17) is 9.16 Å². The Hall–Kier alpha value is -1.67. The largest absolute Gasteiger partial charge is 0.445 e. The molecular weight excluding hydrogens is 412 g/mol. The molecule has 0 aromatic rings. The molecule has 0 spiro atoms. The molecule has 2 heterocycles. The molecule has 176 valence electrons. The van der Waals surface area contributed by atoms with Gasteiger partial charge in [-0.1, -0.05) is 40.3 Å². The third kappa shape index (κ3) is 5.39. The predicted molar refractivity (Wildman–Crippen MR) is 123 cm³/mol. The van der Waals surface area contributed by atoms with Gasteiger partial charge >= 0.3 is 6.09 Å². The molecule has 0 aromatic heterocycles. The smallest absolute Gasteiger partial charge is 0.410 e. The van der Waals surface area contributed by atoms with Gasteiger partial charge in [-0.05, 0) is 38.3 Å². The lowest BCUT2D eigenvalue weighted by molar-refractivity contribution is -0.164. The molecular formula is C23H40N2O5Si. The lowest BCUT2D eigenvalue weighted by atomic mass is 9.61. The van der Waals surface area contributed by atoms with Crippen LogP contribution < -0.4 is 5.32 Å². The van der Waals surface area contributed by atoms with E-state index in [1.165, 1.54) is 6.08 Å². The number of piperidine rings is 1. The summed E-state index contributed by atoms with van der Waals surface area (Å²) in [4.78, 5) is 39.6. The molecule has 1 unspecified atom stereocenters. The Morgan fingerprint density at radius 2 is 1.84 bits per heavy atom. The average Bonchev–Trinajstić information content (AvgIpc) is 2.67. The van der Waals surface area contributed by atoms with E-state index in [2.05, 4.69) is 45.8 Å². The molecule has 31 heavy (non-hydrogen) atoms. The number of amides is 2. The summed E-state index contributed by atoms with van der Waals surface area (Å²) in [5.74, 6) is -0.636. The highest BCUT2D eigenvalue weighted by atomic mass is 28.3. The number of ketones is 1. The number of carbonyl (C=O) groups excluding carboxylic acids is 3. The fraction of sp³-hybridized carbons (Fsp3) is 0.783. The molecule has 0 saturated carbocycles. The first-order valence-electron chi connectivity index (χ1n) is 11.4. The zero-order valence-corrected chi connectivity index (χ0v) is 21.3. The normalized spacial score (nSPS) is 25.3. The van der Waals surface area contributed by atoms with Crippen LogP contribution in [0, 0.1) is 23.2 Å². The number of ether oxygens (including phenoxy) is 1. The van der Waals surface area contributed by atoms with E-state index in [-0.39, 0.29) is 53.6 Å². The van der Waals surface area contributed by atoms with Gasteiger partial charge < -0.3 is 19.4 Å². The van der Waals surface area contributed by atoms with Crippen molar-refractivity contribution in [2.24, 2.45) is 23.2 Å². The number of hydrogen-bond acceptors (Lipinski definition) is 5. The molecule has 8 heteroatoms. The fourth-order valence-corrected chi connectivity index (χ4v) is 6.21. The fourth-order valence-electron chi connectivity index (χ4n) is 4.73. The van der Waals surface area contributed by atoms with Crippen molar-refractivity contribution >= 4 is 26.8 Å². The number of likely N-dealkylation sites (tertiary alicyclic amines) is 1. The van der Waals surface area contributed by atoms with Gasteiger partial charge in [-0.25, -0.2) is 4.79 Å². The number of Topliss-reactive ketones (excluding diaryl/α,β-unsaturated/α-hetero) is 1. The van der Waals surface area contributed by atoms with Crippen LogP contribution in [0.1, 0.15) is 47.5 Å². The van der Waals surface area contributed by atoms with E-state index in [0.29, 0.717) is 25.9 Å². The summed E-state index contributed by atoms with van der Waals surface area (Å²) in [6.07, 6.45) is 2.41. The SMILES string of the molecule is C=CCOC(=O)N1CCC(C(=O)C(C)[C@H]2NC(=O)[C@@H]2[C@@](C)(O[SiH](C)C)C(C)(C)C)CC1. The van der Waals surface area contributed by atoms with Crippen molar-refractivity contribution in [3.63, 3.8) is 0 Å². The summed E-state index contributed by atoms with van der Waals surface area (Å²) >= 11 is 0. The van der Waals surface area contributed by atoms with Crippen molar-refractivity contribution in [2.75, 3.05) is 19.7 Å². The van der Waals surface area contributed by atoms with E-state index >= 15 is 0 Å². The number of hydrogen-bond donors (Lipinski definition) is 1. The molecule has 0 aliphatic carbocycles. The van der Waals surface area contributed by atoms with E-state index in [1.54, 1.807) is 4.90 Å². The average molecular weight is 453 g/mol. The summed E-state index contributed by atoms with van der Waals surface area (Å²) < 4.78 is 11.5. The van der Waals surface area contributed by atoms with Crippen LogP contribution in [-0.2, 0) is 18.8 Å². The topological polar surface area (TPSA) is 84.9 Å². The van der Waals surface area contributed by atoms with Gasteiger partial charge in [-0.3, -0.25) is 9.59 Å². The summed E-state index contributed by atoms with van der Waals surface area (Å²) in [7, 11) is -1.42. The van der Waals surface area contributed by atoms with Gasteiger partial charge in [0.15, 0.2) is 9.04 Å². The molecule has 2 aliphatic heterocycles. The summed E-state index contributed by atoms with van der Waals surface area (Å²) in [6, 6.07) is -0.229. The highest BCUT2D eigenvalue weighted by Gasteiger charge is 2.59. The number of β-lactam (4-membered cyclic amide) rings is 1. The molecule has 2 saturated heterocycles. The maximum Gasteiger partial charge on any atom is 0.410 e. The highest BCUT2D eigenvalue weighted by Crippen LogP contribution is 2.46. The van der Waals surface area contributed by atoms with E-state index < -0.39 is 14.6 Å². The molecule has 0 bridgehead atoms. The van der Waals surface area contributed by atoms with Crippen LogP contribution in [0.25, 0.3) is 0 Å². The van der Waals surface area contributed by atoms with Crippen LogP contribution in [0.3, 0.4) is 0 Å². The van der Waals surface area contributed by atoms with Gasteiger partial charge in [0.05, 0.1) is 17.6 Å². The molecule has 2 fully saturated rings. The van der Waals surface area contributed by atoms with Gasteiger partial charge in [-0.2, -0.15) is 0 Å².